The molecule has 0 spiro atoms. The maximum atomic E-state index is 9.53. The van der Waals surface area contributed by atoms with Crippen molar-refractivity contribution in [3.63, 3.8) is 0 Å². The molecule has 120 valence electrons. The molecule has 0 aliphatic carbocycles. The number of thiazole rings is 1. The Morgan fingerprint density at radius 2 is 2.08 bits per heavy atom. The van der Waals surface area contributed by atoms with E-state index in [0.29, 0.717) is 18.1 Å². The first-order chi connectivity index (χ1) is 11.7. The van der Waals surface area contributed by atoms with Crippen molar-refractivity contribution in [2.75, 3.05) is 6.61 Å². The summed E-state index contributed by atoms with van der Waals surface area (Å²) in [5.41, 5.74) is 2.43. The molecule has 1 aromatic heterocycles. The molecule has 0 fully saturated rings. The number of ether oxygens (including phenoxy) is 1. The highest BCUT2D eigenvalue weighted by molar-refractivity contribution is 7.19. The van der Waals surface area contributed by atoms with Crippen molar-refractivity contribution in [2.45, 2.75) is 13.8 Å². The number of para-hydroxylation sites is 1. The number of hydrogen-bond donors (Lipinski definition) is 0. The number of nitrogens with zero attached hydrogens (tertiary/aromatic N) is 2. The molecule has 4 heteroatoms. The first-order valence-electron chi connectivity index (χ1n) is 7.86. The molecule has 2 aromatic carbocycles. The van der Waals surface area contributed by atoms with Crippen LogP contribution in [0.4, 0.5) is 0 Å². The van der Waals surface area contributed by atoms with Crippen LogP contribution in [0.2, 0.25) is 0 Å². The zero-order valence-electron chi connectivity index (χ0n) is 13.7. The minimum atomic E-state index is 0.474. The monoisotopic (exact) mass is 334 g/mol. The lowest BCUT2D eigenvalue weighted by Crippen LogP contribution is -2.04. The zero-order chi connectivity index (χ0) is 16.9. The van der Waals surface area contributed by atoms with Gasteiger partial charge >= 0.3 is 0 Å². The lowest BCUT2D eigenvalue weighted by Gasteiger charge is -2.09. The number of rotatable bonds is 5. The van der Waals surface area contributed by atoms with Gasteiger partial charge in [0.25, 0.3) is 0 Å². The molecule has 0 radical (unpaired) electrons. The largest absolute Gasteiger partial charge is 0.493 e. The summed E-state index contributed by atoms with van der Waals surface area (Å²) < 4.78 is 6.84. The molecule has 0 amide bonds. The van der Waals surface area contributed by atoms with Gasteiger partial charge in [0.2, 0.25) is 0 Å². The highest BCUT2D eigenvalue weighted by Crippen LogP contribution is 2.28. The molecule has 0 atom stereocenters. The minimum Gasteiger partial charge on any atom is -0.493 e. The summed E-state index contributed by atoms with van der Waals surface area (Å²) >= 11 is 1.53. The van der Waals surface area contributed by atoms with Crippen LogP contribution in [0.25, 0.3) is 21.9 Å². The number of aromatic nitrogens is 1. The predicted octanol–water partition coefficient (Wildman–Crippen LogP) is 5.40. The highest BCUT2D eigenvalue weighted by atomic mass is 32.1. The fourth-order valence-corrected chi connectivity index (χ4v) is 3.18. The van der Waals surface area contributed by atoms with Crippen LogP contribution in [0.5, 0.6) is 5.75 Å². The van der Waals surface area contributed by atoms with Crippen LogP contribution in [-0.4, -0.2) is 11.6 Å². The minimum absolute atomic E-state index is 0.474. The second-order valence-corrected chi connectivity index (χ2v) is 6.96. The molecule has 3 nitrogen and oxygen atoms in total. The molecule has 3 aromatic rings. The van der Waals surface area contributed by atoms with E-state index < -0.39 is 0 Å². The molecule has 0 aliphatic rings. The van der Waals surface area contributed by atoms with Crippen molar-refractivity contribution in [1.82, 2.24) is 4.98 Å². The standard InChI is InChI=1S/C20H18N2OS/c1-14(2)13-23-17-7-5-6-15(11-17)10-16(12-21)20-22-18-8-3-4-9-19(18)24-20/h3-11,14H,13H2,1-2H3/b16-10-. The highest BCUT2D eigenvalue weighted by Gasteiger charge is 2.08. The second-order valence-electron chi connectivity index (χ2n) is 5.93. The predicted molar refractivity (Wildman–Crippen MR) is 99.9 cm³/mol. The van der Waals surface area contributed by atoms with E-state index in [1.54, 1.807) is 0 Å². The Morgan fingerprint density at radius 3 is 2.83 bits per heavy atom. The topological polar surface area (TPSA) is 45.9 Å². The lowest BCUT2D eigenvalue weighted by atomic mass is 10.1. The summed E-state index contributed by atoms with van der Waals surface area (Å²) in [6.45, 7) is 4.91. The summed E-state index contributed by atoms with van der Waals surface area (Å²) in [5, 5.41) is 10.3. The molecule has 1 heterocycles. The summed E-state index contributed by atoms with van der Waals surface area (Å²) in [7, 11) is 0. The van der Waals surface area contributed by atoms with Crippen LogP contribution >= 0.6 is 11.3 Å². The van der Waals surface area contributed by atoms with Crippen LogP contribution in [0.3, 0.4) is 0 Å². The van der Waals surface area contributed by atoms with Crippen LogP contribution in [0.15, 0.2) is 48.5 Å². The van der Waals surface area contributed by atoms with Crippen molar-refractivity contribution in [2.24, 2.45) is 5.92 Å². The quantitative estimate of drug-likeness (QED) is 0.587. The van der Waals surface area contributed by atoms with Gasteiger partial charge in [0.05, 0.1) is 22.4 Å². The molecule has 3 rings (SSSR count). The van der Waals surface area contributed by atoms with E-state index in [-0.39, 0.29) is 0 Å². The maximum Gasteiger partial charge on any atom is 0.135 e. The molecule has 0 aliphatic heterocycles. The smallest absolute Gasteiger partial charge is 0.135 e. The molecule has 0 saturated carbocycles. The van der Waals surface area contributed by atoms with Gasteiger partial charge < -0.3 is 4.74 Å². The van der Waals surface area contributed by atoms with Crippen molar-refractivity contribution in [3.05, 3.63) is 59.1 Å². The van der Waals surface area contributed by atoms with Gasteiger partial charge in [-0.2, -0.15) is 5.26 Å². The summed E-state index contributed by atoms with van der Waals surface area (Å²) in [6, 6.07) is 18.0. The SMILES string of the molecule is CC(C)COc1cccc(/C=C(/C#N)c2nc3ccccc3s2)c1. The normalized spacial score (nSPS) is 11.7. The van der Waals surface area contributed by atoms with Gasteiger partial charge in [0.15, 0.2) is 0 Å². The Kier molecular flexibility index (Phi) is 4.93. The summed E-state index contributed by atoms with van der Waals surface area (Å²) in [6.07, 6.45) is 1.86. The van der Waals surface area contributed by atoms with Gasteiger partial charge in [-0.1, -0.05) is 38.1 Å². The van der Waals surface area contributed by atoms with E-state index in [4.69, 9.17) is 4.74 Å². The molecular weight excluding hydrogens is 316 g/mol. The van der Waals surface area contributed by atoms with E-state index >= 15 is 0 Å². The molecule has 24 heavy (non-hydrogen) atoms. The van der Waals surface area contributed by atoms with Crippen molar-refractivity contribution < 1.29 is 4.74 Å². The third-order valence-electron chi connectivity index (χ3n) is 3.40. The number of nitriles is 1. The number of allylic oxidation sites excluding steroid dienone is 1. The third kappa shape index (κ3) is 3.81. The third-order valence-corrected chi connectivity index (χ3v) is 4.47. The Hall–Kier alpha value is -2.64. The molecule has 0 bridgehead atoms. The van der Waals surface area contributed by atoms with Gasteiger partial charge in [-0.3, -0.25) is 0 Å². The van der Waals surface area contributed by atoms with E-state index in [9.17, 15) is 5.26 Å². The van der Waals surface area contributed by atoms with Crippen molar-refractivity contribution >= 4 is 33.2 Å². The fraction of sp³-hybridized carbons (Fsp3) is 0.200. The lowest BCUT2D eigenvalue weighted by molar-refractivity contribution is 0.271. The van der Waals surface area contributed by atoms with Crippen LogP contribution in [0, 0.1) is 17.2 Å². The van der Waals surface area contributed by atoms with Gasteiger partial charge in [0, 0.05) is 0 Å². The van der Waals surface area contributed by atoms with Gasteiger partial charge in [0.1, 0.15) is 16.8 Å². The Bertz CT molecular complexity index is 886. The fourth-order valence-electron chi connectivity index (χ4n) is 2.25. The number of hydrogen-bond acceptors (Lipinski definition) is 4. The summed E-state index contributed by atoms with van der Waals surface area (Å²) in [4.78, 5) is 4.56. The van der Waals surface area contributed by atoms with E-state index in [2.05, 4.69) is 24.9 Å². The van der Waals surface area contributed by atoms with Gasteiger partial charge in [-0.25, -0.2) is 4.98 Å². The van der Waals surface area contributed by atoms with Crippen LogP contribution in [0.1, 0.15) is 24.4 Å². The van der Waals surface area contributed by atoms with Gasteiger partial charge in [-0.05, 0) is 41.8 Å². The average molecular weight is 334 g/mol. The Balaban J connectivity index is 1.90. The number of fused-ring (bicyclic) bond motifs is 1. The molecule has 0 unspecified atom stereocenters. The van der Waals surface area contributed by atoms with Crippen LogP contribution in [-0.2, 0) is 0 Å². The first kappa shape index (κ1) is 16.2. The van der Waals surface area contributed by atoms with Crippen LogP contribution < -0.4 is 4.74 Å². The van der Waals surface area contributed by atoms with E-state index in [0.717, 1.165) is 26.5 Å². The second kappa shape index (κ2) is 7.29. The van der Waals surface area contributed by atoms with E-state index in [1.165, 1.54) is 11.3 Å². The molecular formula is C20H18N2OS. The van der Waals surface area contributed by atoms with Gasteiger partial charge in [-0.15, -0.1) is 11.3 Å². The van der Waals surface area contributed by atoms with E-state index in [1.807, 2.05) is 54.6 Å². The first-order valence-corrected chi connectivity index (χ1v) is 8.68. The Morgan fingerprint density at radius 1 is 1.25 bits per heavy atom. The number of benzene rings is 2. The maximum absolute atomic E-state index is 9.53. The Labute approximate surface area is 145 Å². The molecule has 0 saturated heterocycles. The summed E-state index contributed by atoms with van der Waals surface area (Å²) in [5.74, 6) is 1.29. The average Bonchev–Trinajstić information content (AvgIpc) is 3.02. The van der Waals surface area contributed by atoms with Crippen molar-refractivity contribution in [3.8, 4) is 11.8 Å². The molecule has 0 N–H and O–H groups in total. The van der Waals surface area contributed by atoms with Crippen molar-refractivity contribution in [1.29, 1.82) is 5.26 Å². The zero-order valence-corrected chi connectivity index (χ0v) is 14.5.